The fraction of sp³-hybridized carbons (Fsp3) is 0.762. The molecule has 6 heteroatoms. The third-order valence-electron chi connectivity index (χ3n) is 6.61. The van der Waals surface area contributed by atoms with Crippen molar-refractivity contribution in [3.05, 3.63) is 11.9 Å². The van der Waals surface area contributed by atoms with Gasteiger partial charge in [-0.05, 0) is 25.7 Å². The lowest BCUT2D eigenvalue weighted by Crippen LogP contribution is -2.56. The number of rotatable bonds is 4. The van der Waals surface area contributed by atoms with E-state index in [1.807, 2.05) is 18.1 Å². The van der Waals surface area contributed by atoms with Gasteiger partial charge in [0, 0.05) is 51.4 Å². The van der Waals surface area contributed by atoms with E-state index in [-0.39, 0.29) is 6.03 Å². The maximum absolute atomic E-state index is 12.7. The van der Waals surface area contributed by atoms with Crippen molar-refractivity contribution in [3.8, 4) is 11.8 Å². The van der Waals surface area contributed by atoms with Crippen LogP contribution >= 0.6 is 0 Å². The van der Waals surface area contributed by atoms with E-state index in [0.717, 1.165) is 50.9 Å². The van der Waals surface area contributed by atoms with Gasteiger partial charge in [-0.15, -0.1) is 0 Å². The molecule has 2 aliphatic heterocycles. The molecule has 27 heavy (non-hydrogen) atoms. The molecule has 3 fully saturated rings. The molecular weight excluding hydrogens is 338 g/mol. The number of allylic oxidation sites excluding steroid dienone is 1. The molecule has 0 aromatic heterocycles. The summed E-state index contributed by atoms with van der Waals surface area (Å²) in [5.74, 6) is 7.33. The van der Waals surface area contributed by atoms with Crippen LogP contribution in [0.4, 0.5) is 4.79 Å². The van der Waals surface area contributed by atoms with Gasteiger partial charge in [0.25, 0.3) is 0 Å². The number of hydrogen-bond acceptors (Lipinski definition) is 4. The van der Waals surface area contributed by atoms with Gasteiger partial charge in [0.2, 0.25) is 0 Å². The zero-order valence-corrected chi connectivity index (χ0v) is 16.6. The summed E-state index contributed by atoms with van der Waals surface area (Å²) in [4.78, 5) is 17.8. The highest BCUT2D eigenvalue weighted by Crippen LogP contribution is 2.26. The highest BCUT2D eigenvalue weighted by molar-refractivity contribution is 5.74. The highest BCUT2D eigenvalue weighted by atomic mass is 16.2. The second-order valence-corrected chi connectivity index (χ2v) is 8.30. The summed E-state index contributed by atoms with van der Waals surface area (Å²) >= 11 is 0. The molecule has 6 nitrogen and oxygen atoms in total. The zero-order chi connectivity index (χ0) is 18.6. The topological polar surface area (TPSA) is 42.1 Å². The quantitative estimate of drug-likeness (QED) is 0.770. The first-order valence-electron chi connectivity index (χ1n) is 10.7. The Bertz CT molecular complexity index is 616. The van der Waals surface area contributed by atoms with Crippen LogP contribution < -0.4 is 5.32 Å². The Morgan fingerprint density at radius 3 is 2.44 bits per heavy atom. The van der Waals surface area contributed by atoms with E-state index < -0.39 is 0 Å². The molecule has 0 aromatic carbocycles. The Morgan fingerprint density at radius 2 is 1.74 bits per heavy atom. The van der Waals surface area contributed by atoms with Crippen molar-refractivity contribution < 1.29 is 4.79 Å². The second-order valence-electron chi connectivity index (χ2n) is 8.30. The van der Waals surface area contributed by atoms with Crippen molar-refractivity contribution in [1.82, 2.24) is 25.1 Å². The number of carbonyl (C=O) groups excluding carboxylic acids is 1. The summed E-state index contributed by atoms with van der Waals surface area (Å²) < 4.78 is 0. The zero-order valence-electron chi connectivity index (χ0n) is 16.6. The van der Waals surface area contributed by atoms with E-state index in [1.165, 1.54) is 38.5 Å². The van der Waals surface area contributed by atoms with E-state index in [4.69, 9.17) is 0 Å². The SMILES string of the molecule is CN(C(=O)NC1CCCC1)N1CC#CC=C1N1CCN(C2CCCC2)CC1. The number of carbonyl (C=O) groups is 1. The molecule has 0 spiro atoms. The molecule has 0 radical (unpaired) electrons. The molecule has 1 N–H and O–H groups in total. The Morgan fingerprint density at radius 1 is 1.07 bits per heavy atom. The fourth-order valence-electron chi connectivity index (χ4n) is 4.94. The van der Waals surface area contributed by atoms with Crippen molar-refractivity contribution in [2.45, 2.75) is 63.5 Å². The van der Waals surface area contributed by atoms with Crippen molar-refractivity contribution in [2.75, 3.05) is 39.8 Å². The first kappa shape index (κ1) is 18.5. The Balaban J connectivity index is 1.35. The predicted octanol–water partition coefficient (Wildman–Crippen LogP) is 2.21. The molecule has 0 atom stereocenters. The summed E-state index contributed by atoms with van der Waals surface area (Å²) in [6.07, 6.45) is 12.1. The predicted molar refractivity (Wildman–Crippen MR) is 107 cm³/mol. The number of amides is 2. The van der Waals surface area contributed by atoms with Crippen LogP contribution in [-0.4, -0.2) is 77.7 Å². The van der Waals surface area contributed by atoms with Gasteiger partial charge in [0.1, 0.15) is 12.4 Å². The van der Waals surface area contributed by atoms with Gasteiger partial charge < -0.3 is 10.2 Å². The second kappa shape index (κ2) is 8.43. The highest BCUT2D eigenvalue weighted by Gasteiger charge is 2.31. The minimum absolute atomic E-state index is 0.0129. The molecule has 0 bridgehead atoms. The molecular formula is C21H33N5O. The summed E-state index contributed by atoms with van der Waals surface area (Å²) in [6, 6.07) is 1.11. The van der Waals surface area contributed by atoms with Gasteiger partial charge in [0.05, 0.1) is 0 Å². The molecule has 4 rings (SSSR count). The lowest BCUT2D eigenvalue weighted by Gasteiger charge is -2.44. The van der Waals surface area contributed by atoms with Gasteiger partial charge in [0.15, 0.2) is 0 Å². The van der Waals surface area contributed by atoms with Crippen molar-refractivity contribution in [2.24, 2.45) is 0 Å². The molecule has 0 aromatic rings. The van der Waals surface area contributed by atoms with Crippen LogP contribution in [0.1, 0.15) is 51.4 Å². The largest absolute Gasteiger partial charge is 0.354 e. The van der Waals surface area contributed by atoms with Gasteiger partial charge in [-0.25, -0.2) is 9.80 Å². The molecule has 2 amide bonds. The normalized spacial score (nSPS) is 24.6. The van der Waals surface area contributed by atoms with Crippen LogP contribution in [0.2, 0.25) is 0 Å². The van der Waals surface area contributed by atoms with Crippen LogP contribution in [0.15, 0.2) is 11.9 Å². The van der Waals surface area contributed by atoms with Gasteiger partial charge in [-0.1, -0.05) is 37.5 Å². The number of nitrogens with zero attached hydrogens (tertiary/aromatic N) is 4. The summed E-state index contributed by atoms with van der Waals surface area (Å²) in [5.41, 5.74) is 0. The molecule has 1 saturated heterocycles. The van der Waals surface area contributed by atoms with Crippen LogP contribution in [0, 0.1) is 11.8 Å². The monoisotopic (exact) mass is 371 g/mol. The van der Waals surface area contributed by atoms with Crippen LogP contribution in [0.25, 0.3) is 0 Å². The average Bonchev–Trinajstić information content (AvgIpc) is 3.42. The molecule has 148 valence electrons. The van der Waals surface area contributed by atoms with Gasteiger partial charge in [-0.2, -0.15) is 0 Å². The Labute approximate surface area is 163 Å². The number of piperazine rings is 1. The number of hydrazine groups is 1. The number of urea groups is 1. The summed E-state index contributed by atoms with van der Waals surface area (Å²) in [6.45, 7) is 4.82. The third kappa shape index (κ3) is 4.19. The van der Waals surface area contributed by atoms with Crippen molar-refractivity contribution in [3.63, 3.8) is 0 Å². The fourth-order valence-corrected chi connectivity index (χ4v) is 4.94. The van der Waals surface area contributed by atoms with Crippen molar-refractivity contribution in [1.29, 1.82) is 0 Å². The molecule has 2 aliphatic carbocycles. The van der Waals surface area contributed by atoms with Crippen LogP contribution in [0.3, 0.4) is 0 Å². The number of nitrogens with one attached hydrogen (secondary N) is 1. The maximum atomic E-state index is 12.7. The van der Waals surface area contributed by atoms with E-state index >= 15 is 0 Å². The van der Waals surface area contributed by atoms with E-state index in [0.29, 0.717) is 12.6 Å². The average molecular weight is 372 g/mol. The number of hydrogen-bond donors (Lipinski definition) is 1. The first-order chi connectivity index (χ1) is 13.2. The minimum atomic E-state index is -0.0129. The Kier molecular flexibility index (Phi) is 5.77. The first-order valence-corrected chi connectivity index (χ1v) is 10.7. The third-order valence-corrected chi connectivity index (χ3v) is 6.61. The summed E-state index contributed by atoms with van der Waals surface area (Å²) in [7, 11) is 1.86. The standard InChI is InChI=1S/C21H33N5O/c1-23(21(27)22-18-8-2-3-9-18)26-13-7-6-12-20(26)25-16-14-24(15-17-25)19-10-4-5-11-19/h12,18-19H,2-5,8-11,13-17H2,1H3,(H,22,27). The smallest absolute Gasteiger partial charge is 0.336 e. The minimum Gasteiger partial charge on any atom is -0.354 e. The van der Waals surface area contributed by atoms with Crippen LogP contribution in [0.5, 0.6) is 0 Å². The van der Waals surface area contributed by atoms with Gasteiger partial charge >= 0.3 is 6.03 Å². The molecule has 2 heterocycles. The lowest BCUT2D eigenvalue weighted by atomic mass is 10.2. The van der Waals surface area contributed by atoms with Crippen molar-refractivity contribution >= 4 is 6.03 Å². The van der Waals surface area contributed by atoms with E-state index in [1.54, 1.807) is 5.01 Å². The molecule has 2 saturated carbocycles. The van der Waals surface area contributed by atoms with Crippen LogP contribution in [-0.2, 0) is 0 Å². The van der Waals surface area contributed by atoms with E-state index in [9.17, 15) is 4.79 Å². The maximum Gasteiger partial charge on any atom is 0.336 e. The molecule has 4 aliphatic rings. The summed E-state index contributed by atoms with van der Waals surface area (Å²) in [5, 5.41) is 6.94. The Hall–Kier alpha value is -1.87. The molecule has 0 unspecified atom stereocenters. The lowest BCUT2D eigenvalue weighted by molar-refractivity contribution is 0.0253. The van der Waals surface area contributed by atoms with Gasteiger partial charge in [-0.3, -0.25) is 9.91 Å². The van der Waals surface area contributed by atoms with E-state index in [2.05, 4.69) is 27.0 Å².